The van der Waals surface area contributed by atoms with Crippen molar-refractivity contribution in [2.75, 3.05) is 7.11 Å². The monoisotopic (exact) mass is 276 g/mol. The number of ether oxygens (including phenoxy) is 1. The van der Waals surface area contributed by atoms with E-state index in [2.05, 4.69) is 19.1 Å². The number of phenols is 1. The van der Waals surface area contributed by atoms with Gasteiger partial charge < -0.3 is 9.84 Å². The number of unbranched alkanes of at least 4 members (excludes halogenated alkanes) is 5. The first-order chi connectivity index (χ1) is 9.77. The molecule has 0 saturated carbocycles. The molecular formula is C18H28O2. The molecule has 0 unspecified atom stereocenters. The van der Waals surface area contributed by atoms with E-state index in [9.17, 15) is 5.11 Å². The van der Waals surface area contributed by atoms with Gasteiger partial charge in [-0.3, -0.25) is 0 Å². The van der Waals surface area contributed by atoms with Gasteiger partial charge in [-0.1, -0.05) is 50.8 Å². The summed E-state index contributed by atoms with van der Waals surface area (Å²) in [5, 5.41) is 9.53. The molecule has 0 aliphatic rings. The predicted molar refractivity (Wildman–Crippen MR) is 85.5 cm³/mol. The zero-order valence-electron chi connectivity index (χ0n) is 12.9. The molecule has 0 aliphatic carbocycles. The quantitative estimate of drug-likeness (QED) is 0.467. The third-order valence-corrected chi connectivity index (χ3v) is 3.48. The van der Waals surface area contributed by atoms with E-state index in [1.807, 2.05) is 12.1 Å². The lowest BCUT2D eigenvalue weighted by molar-refractivity contribution is 0.373. The lowest BCUT2D eigenvalue weighted by Gasteiger charge is -2.05. The fourth-order valence-corrected chi connectivity index (χ4v) is 2.23. The number of methoxy groups -OCH3 is 1. The Labute approximate surface area is 123 Å². The van der Waals surface area contributed by atoms with E-state index >= 15 is 0 Å². The molecule has 0 saturated heterocycles. The smallest absolute Gasteiger partial charge is 0.160 e. The standard InChI is InChI=1S/C18H28O2/c1-3-4-5-6-7-8-9-10-11-12-16-13-14-17(19)18(15-16)20-2/h9-10,13-15,19H,3-8,11-12H2,1-2H3/b10-9+. The second-order valence-corrected chi connectivity index (χ2v) is 5.22. The van der Waals surface area contributed by atoms with Crippen LogP contribution in [0.5, 0.6) is 11.5 Å². The molecule has 2 nitrogen and oxygen atoms in total. The average Bonchev–Trinajstić information content (AvgIpc) is 2.47. The molecule has 0 aliphatic heterocycles. The molecule has 0 aromatic heterocycles. The highest BCUT2D eigenvalue weighted by Gasteiger charge is 2.01. The third kappa shape index (κ3) is 6.65. The molecule has 0 spiro atoms. The van der Waals surface area contributed by atoms with Gasteiger partial charge in [0.05, 0.1) is 7.11 Å². The van der Waals surface area contributed by atoms with Crippen LogP contribution in [0, 0.1) is 0 Å². The number of hydrogen-bond acceptors (Lipinski definition) is 2. The minimum absolute atomic E-state index is 0.207. The molecule has 1 aromatic carbocycles. The maximum Gasteiger partial charge on any atom is 0.160 e. The van der Waals surface area contributed by atoms with E-state index in [1.54, 1.807) is 13.2 Å². The number of aryl methyl sites for hydroxylation is 1. The molecule has 0 atom stereocenters. The summed E-state index contributed by atoms with van der Waals surface area (Å²) in [5.74, 6) is 0.765. The summed E-state index contributed by atoms with van der Waals surface area (Å²) in [7, 11) is 1.58. The van der Waals surface area contributed by atoms with Gasteiger partial charge in [0.15, 0.2) is 11.5 Å². The predicted octanol–water partition coefficient (Wildman–Crippen LogP) is 5.25. The Morgan fingerprint density at radius 1 is 1.05 bits per heavy atom. The Hall–Kier alpha value is -1.44. The van der Waals surface area contributed by atoms with Crippen molar-refractivity contribution in [1.29, 1.82) is 0 Å². The molecule has 0 heterocycles. The SMILES string of the molecule is CCCCCCC/C=C/CCc1ccc(O)c(OC)c1. The second-order valence-electron chi connectivity index (χ2n) is 5.22. The topological polar surface area (TPSA) is 29.5 Å². The van der Waals surface area contributed by atoms with Gasteiger partial charge in [0, 0.05) is 0 Å². The summed E-state index contributed by atoms with van der Waals surface area (Å²) in [6, 6.07) is 5.57. The Kier molecular flexibility index (Phi) is 8.61. The van der Waals surface area contributed by atoms with Crippen molar-refractivity contribution in [3.63, 3.8) is 0 Å². The Morgan fingerprint density at radius 3 is 2.55 bits per heavy atom. The lowest BCUT2D eigenvalue weighted by atomic mass is 10.1. The molecular weight excluding hydrogens is 248 g/mol. The van der Waals surface area contributed by atoms with Crippen molar-refractivity contribution >= 4 is 0 Å². The van der Waals surface area contributed by atoms with Crippen LogP contribution in [-0.4, -0.2) is 12.2 Å². The number of phenolic OH excluding ortho intramolecular Hbond substituents is 1. The van der Waals surface area contributed by atoms with Gasteiger partial charge in [-0.25, -0.2) is 0 Å². The van der Waals surface area contributed by atoms with Crippen LogP contribution in [0.1, 0.15) is 57.4 Å². The van der Waals surface area contributed by atoms with E-state index in [1.165, 1.54) is 44.1 Å². The molecule has 0 bridgehead atoms. The Morgan fingerprint density at radius 2 is 1.80 bits per heavy atom. The second kappa shape index (κ2) is 10.4. The van der Waals surface area contributed by atoms with Gasteiger partial charge in [-0.15, -0.1) is 0 Å². The molecule has 0 radical (unpaired) electrons. The van der Waals surface area contributed by atoms with E-state index in [4.69, 9.17) is 4.74 Å². The molecule has 2 heteroatoms. The van der Waals surface area contributed by atoms with Crippen molar-refractivity contribution < 1.29 is 9.84 Å². The van der Waals surface area contributed by atoms with Gasteiger partial charge in [0.2, 0.25) is 0 Å². The van der Waals surface area contributed by atoms with E-state index < -0.39 is 0 Å². The van der Waals surface area contributed by atoms with Crippen molar-refractivity contribution in [2.24, 2.45) is 0 Å². The molecule has 20 heavy (non-hydrogen) atoms. The zero-order chi connectivity index (χ0) is 14.6. The third-order valence-electron chi connectivity index (χ3n) is 3.48. The van der Waals surface area contributed by atoms with Crippen LogP contribution in [0.25, 0.3) is 0 Å². The molecule has 0 amide bonds. The van der Waals surface area contributed by atoms with Crippen LogP contribution >= 0.6 is 0 Å². The number of aromatic hydroxyl groups is 1. The minimum Gasteiger partial charge on any atom is -0.504 e. The van der Waals surface area contributed by atoms with Crippen molar-refractivity contribution in [3.05, 3.63) is 35.9 Å². The van der Waals surface area contributed by atoms with Gasteiger partial charge in [-0.05, 0) is 43.4 Å². The van der Waals surface area contributed by atoms with Crippen LogP contribution in [0.4, 0.5) is 0 Å². The average molecular weight is 276 g/mol. The molecule has 1 aromatic rings. The zero-order valence-corrected chi connectivity index (χ0v) is 12.9. The van der Waals surface area contributed by atoms with Crippen LogP contribution in [-0.2, 0) is 6.42 Å². The van der Waals surface area contributed by atoms with Crippen molar-refractivity contribution in [3.8, 4) is 11.5 Å². The molecule has 1 rings (SSSR count). The van der Waals surface area contributed by atoms with Gasteiger partial charge in [-0.2, -0.15) is 0 Å². The Bertz CT molecular complexity index is 396. The molecule has 0 fully saturated rings. The van der Waals surface area contributed by atoms with E-state index in [0.717, 1.165) is 12.8 Å². The van der Waals surface area contributed by atoms with E-state index in [0.29, 0.717) is 5.75 Å². The maximum absolute atomic E-state index is 9.53. The lowest BCUT2D eigenvalue weighted by Crippen LogP contribution is -1.88. The molecule has 1 N–H and O–H groups in total. The van der Waals surface area contributed by atoms with Gasteiger partial charge in [0.1, 0.15) is 0 Å². The minimum atomic E-state index is 0.207. The van der Waals surface area contributed by atoms with Crippen LogP contribution in [0.3, 0.4) is 0 Å². The highest BCUT2D eigenvalue weighted by molar-refractivity contribution is 5.41. The van der Waals surface area contributed by atoms with Gasteiger partial charge in [0.25, 0.3) is 0 Å². The summed E-state index contributed by atoms with van der Waals surface area (Å²) in [5.41, 5.74) is 1.20. The van der Waals surface area contributed by atoms with E-state index in [-0.39, 0.29) is 5.75 Å². The summed E-state index contributed by atoms with van der Waals surface area (Å²) in [6.07, 6.45) is 14.5. The first-order valence-corrected chi connectivity index (χ1v) is 7.78. The van der Waals surface area contributed by atoms with Crippen molar-refractivity contribution in [2.45, 2.75) is 58.3 Å². The largest absolute Gasteiger partial charge is 0.504 e. The highest BCUT2D eigenvalue weighted by atomic mass is 16.5. The summed E-state index contributed by atoms with van der Waals surface area (Å²) in [4.78, 5) is 0. The maximum atomic E-state index is 9.53. The number of hydrogen-bond donors (Lipinski definition) is 1. The number of allylic oxidation sites excluding steroid dienone is 2. The summed E-state index contributed by atoms with van der Waals surface area (Å²) >= 11 is 0. The van der Waals surface area contributed by atoms with Crippen LogP contribution < -0.4 is 4.74 Å². The van der Waals surface area contributed by atoms with Gasteiger partial charge >= 0.3 is 0 Å². The first kappa shape index (κ1) is 16.6. The summed E-state index contributed by atoms with van der Waals surface area (Å²) in [6.45, 7) is 2.25. The Balaban J connectivity index is 2.17. The number of rotatable bonds is 10. The highest BCUT2D eigenvalue weighted by Crippen LogP contribution is 2.26. The fraction of sp³-hybridized carbons (Fsp3) is 0.556. The van der Waals surface area contributed by atoms with Crippen LogP contribution in [0.15, 0.2) is 30.4 Å². The first-order valence-electron chi connectivity index (χ1n) is 7.78. The number of benzene rings is 1. The summed E-state index contributed by atoms with van der Waals surface area (Å²) < 4.78 is 5.11. The normalized spacial score (nSPS) is 11.1. The van der Waals surface area contributed by atoms with Crippen LogP contribution in [0.2, 0.25) is 0 Å². The fourth-order valence-electron chi connectivity index (χ4n) is 2.23. The van der Waals surface area contributed by atoms with Crippen molar-refractivity contribution in [1.82, 2.24) is 0 Å². The molecule has 112 valence electrons.